The minimum Gasteiger partial charge on any atom is -0.481 e. The average Bonchev–Trinajstić information content (AvgIpc) is 3.24. The lowest BCUT2D eigenvalue weighted by atomic mass is 10.1. The molecule has 0 bridgehead atoms. The summed E-state index contributed by atoms with van der Waals surface area (Å²) >= 11 is 0. The summed E-state index contributed by atoms with van der Waals surface area (Å²) in [7, 11) is 0. The third-order valence-electron chi connectivity index (χ3n) is 5.48. The molecule has 1 saturated heterocycles. The number of nitrogens with zero attached hydrogens (tertiary/aromatic N) is 1. The minimum atomic E-state index is -1.41. The van der Waals surface area contributed by atoms with Gasteiger partial charge in [0.05, 0.1) is 6.10 Å². The summed E-state index contributed by atoms with van der Waals surface area (Å²) in [5, 5.41) is 32.5. The fourth-order valence-corrected chi connectivity index (χ4v) is 3.53. The van der Waals surface area contributed by atoms with E-state index in [1.807, 2.05) is 0 Å². The van der Waals surface area contributed by atoms with Crippen LogP contribution < -0.4 is 22.1 Å². The maximum atomic E-state index is 13.2. The minimum absolute atomic E-state index is 0.232. The van der Waals surface area contributed by atoms with Crippen LogP contribution in [0.15, 0.2) is 0 Å². The van der Waals surface area contributed by atoms with Gasteiger partial charge in [-0.2, -0.15) is 0 Å². The number of carboxylic acid groups (broad SMARTS) is 2. The van der Waals surface area contributed by atoms with Crippen LogP contribution in [0.3, 0.4) is 0 Å². The van der Waals surface area contributed by atoms with Gasteiger partial charge in [0.2, 0.25) is 17.7 Å². The van der Waals surface area contributed by atoms with Crippen molar-refractivity contribution in [3.8, 4) is 0 Å². The standard InChI is InChI=1S/C20H35N5O8/c1-11(26)16(22)18(30)23-12(5-2-3-9-21)19(31)25-10-4-6-14(25)17(29)24-13(20(32)33)7-8-15(27)28/h11-14,16,26H,2-10,21-22H2,1H3,(H,23,30)(H,24,29)(H,27,28)(H,32,33). The number of aliphatic hydroxyl groups excluding tert-OH is 1. The van der Waals surface area contributed by atoms with Crippen molar-refractivity contribution in [2.75, 3.05) is 13.1 Å². The molecular formula is C20H35N5O8. The van der Waals surface area contributed by atoms with Crippen LogP contribution in [0.25, 0.3) is 0 Å². The molecule has 1 aliphatic rings. The van der Waals surface area contributed by atoms with E-state index in [4.69, 9.17) is 16.6 Å². The molecular weight excluding hydrogens is 438 g/mol. The third kappa shape index (κ3) is 8.94. The number of rotatable bonds is 14. The molecule has 1 rings (SSSR count). The summed E-state index contributed by atoms with van der Waals surface area (Å²) in [5.74, 6) is -4.50. The number of hydrogen-bond donors (Lipinski definition) is 7. The zero-order valence-electron chi connectivity index (χ0n) is 18.7. The number of hydrogen-bond acceptors (Lipinski definition) is 8. The Balaban J connectivity index is 2.94. The van der Waals surface area contributed by atoms with Crippen LogP contribution in [-0.2, 0) is 24.0 Å². The van der Waals surface area contributed by atoms with Crippen LogP contribution in [0.5, 0.6) is 0 Å². The Bertz CT molecular complexity index is 717. The van der Waals surface area contributed by atoms with Gasteiger partial charge in [0.15, 0.2) is 0 Å². The van der Waals surface area contributed by atoms with Crippen molar-refractivity contribution < 1.29 is 39.3 Å². The molecule has 1 aliphatic heterocycles. The fourth-order valence-electron chi connectivity index (χ4n) is 3.53. The molecule has 0 saturated carbocycles. The predicted molar refractivity (Wildman–Crippen MR) is 116 cm³/mol. The molecule has 5 atom stereocenters. The molecule has 13 heteroatoms. The summed E-state index contributed by atoms with van der Waals surface area (Å²) in [4.78, 5) is 61.7. The van der Waals surface area contributed by atoms with Gasteiger partial charge in [0, 0.05) is 13.0 Å². The highest BCUT2D eigenvalue weighted by Gasteiger charge is 2.39. The molecule has 0 spiro atoms. The molecule has 13 nitrogen and oxygen atoms in total. The van der Waals surface area contributed by atoms with E-state index in [1.165, 1.54) is 11.8 Å². The van der Waals surface area contributed by atoms with E-state index in [0.717, 1.165) is 0 Å². The van der Waals surface area contributed by atoms with Crippen LogP contribution >= 0.6 is 0 Å². The second-order valence-corrected chi connectivity index (χ2v) is 8.13. The number of aliphatic carboxylic acids is 2. The average molecular weight is 474 g/mol. The molecule has 0 aliphatic carbocycles. The Kier molecular flexibility index (Phi) is 11.7. The molecule has 188 valence electrons. The molecule has 0 aromatic heterocycles. The summed E-state index contributed by atoms with van der Waals surface area (Å²) in [5.41, 5.74) is 11.2. The number of unbranched alkanes of at least 4 members (excludes halogenated alkanes) is 1. The topological polar surface area (TPSA) is 225 Å². The summed E-state index contributed by atoms with van der Waals surface area (Å²) in [6.07, 6.45) is 0.292. The molecule has 33 heavy (non-hydrogen) atoms. The van der Waals surface area contributed by atoms with Gasteiger partial charge in [-0.05, 0) is 52.0 Å². The number of nitrogens with one attached hydrogen (secondary N) is 2. The predicted octanol–water partition coefficient (Wildman–Crippen LogP) is -2.27. The van der Waals surface area contributed by atoms with Crippen molar-refractivity contribution in [2.45, 2.75) is 82.1 Å². The Labute approximate surface area is 191 Å². The van der Waals surface area contributed by atoms with Gasteiger partial charge in [-0.1, -0.05) is 0 Å². The monoisotopic (exact) mass is 473 g/mol. The number of nitrogens with two attached hydrogens (primary N) is 2. The van der Waals surface area contributed by atoms with E-state index >= 15 is 0 Å². The second kappa shape index (κ2) is 13.7. The van der Waals surface area contributed by atoms with Crippen LogP contribution in [0, 0.1) is 0 Å². The zero-order valence-corrected chi connectivity index (χ0v) is 18.7. The van der Waals surface area contributed by atoms with Crippen molar-refractivity contribution >= 4 is 29.7 Å². The van der Waals surface area contributed by atoms with Crippen molar-refractivity contribution in [1.82, 2.24) is 15.5 Å². The smallest absolute Gasteiger partial charge is 0.326 e. The molecule has 0 aromatic rings. The Morgan fingerprint density at radius 2 is 1.73 bits per heavy atom. The molecule has 0 aromatic carbocycles. The first-order chi connectivity index (χ1) is 15.5. The van der Waals surface area contributed by atoms with Crippen LogP contribution in [0.2, 0.25) is 0 Å². The molecule has 3 amide bonds. The van der Waals surface area contributed by atoms with Gasteiger partial charge in [-0.25, -0.2) is 4.79 Å². The number of carbonyl (C=O) groups is 5. The molecule has 1 fully saturated rings. The Hall–Kier alpha value is -2.77. The lowest BCUT2D eigenvalue weighted by Crippen LogP contribution is -2.57. The zero-order chi connectivity index (χ0) is 25.1. The summed E-state index contributed by atoms with van der Waals surface area (Å²) < 4.78 is 0. The van der Waals surface area contributed by atoms with Gasteiger partial charge in [-0.3, -0.25) is 19.2 Å². The van der Waals surface area contributed by atoms with Gasteiger partial charge in [0.25, 0.3) is 0 Å². The summed E-state index contributed by atoms with van der Waals surface area (Å²) in [6, 6.07) is -4.60. The molecule has 9 N–H and O–H groups in total. The largest absolute Gasteiger partial charge is 0.481 e. The Morgan fingerprint density at radius 1 is 1.06 bits per heavy atom. The van der Waals surface area contributed by atoms with E-state index in [0.29, 0.717) is 32.2 Å². The first-order valence-corrected chi connectivity index (χ1v) is 11.0. The maximum Gasteiger partial charge on any atom is 0.326 e. The molecule has 1 heterocycles. The van der Waals surface area contributed by atoms with Crippen LogP contribution in [-0.4, -0.2) is 93.2 Å². The number of carboxylic acids is 2. The normalized spacial score (nSPS) is 19.3. The highest BCUT2D eigenvalue weighted by atomic mass is 16.4. The quantitative estimate of drug-likeness (QED) is 0.134. The van der Waals surface area contributed by atoms with E-state index in [9.17, 15) is 34.2 Å². The van der Waals surface area contributed by atoms with Gasteiger partial charge >= 0.3 is 11.9 Å². The molecule has 5 unspecified atom stereocenters. The first kappa shape index (κ1) is 28.3. The summed E-state index contributed by atoms with van der Waals surface area (Å²) in [6.45, 7) is 1.97. The van der Waals surface area contributed by atoms with E-state index in [2.05, 4.69) is 10.6 Å². The van der Waals surface area contributed by atoms with Crippen LogP contribution in [0.4, 0.5) is 0 Å². The van der Waals surface area contributed by atoms with Gasteiger partial charge < -0.3 is 42.3 Å². The third-order valence-corrected chi connectivity index (χ3v) is 5.48. The number of amides is 3. The van der Waals surface area contributed by atoms with E-state index in [-0.39, 0.29) is 19.4 Å². The fraction of sp³-hybridized carbons (Fsp3) is 0.750. The van der Waals surface area contributed by atoms with Crippen molar-refractivity contribution in [3.05, 3.63) is 0 Å². The van der Waals surface area contributed by atoms with Crippen molar-refractivity contribution in [2.24, 2.45) is 11.5 Å². The first-order valence-electron chi connectivity index (χ1n) is 11.0. The highest BCUT2D eigenvalue weighted by Crippen LogP contribution is 2.20. The van der Waals surface area contributed by atoms with Crippen molar-refractivity contribution in [3.63, 3.8) is 0 Å². The number of carbonyl (C=O) groups excluding carboxylic acids is 3. The van der Waals surface area contributed by atoms with E-state index < -0.39 is 66.4 Å². The second-order valence-electron chi connectivity index (χ2n) is 8.13. The number of likely N-dealkylation sites (tertiary alicyclic amines) is 1. The van der Waals surface area contributed by atoms with Crippen molar-refractivity contribution in [1.29, 1.82) is 0 Å². The van der Waals surface area contributed by atoms with Gasteiger partial charge in [-0.15, -0.1) is 0 Å². The Morgan fingerprint density at radius 3 is 2.27 bits per heavy atom. The number of aliphatic hydroxyl groups is 1. The SMILES string of the molecule is CC(O)C(N)C(=O)NC(CCCCN)C(=O)N1CCCC1C(=O)NC(CCC(=O)O)C(=O)O. The van der Waals surface area contributed by atoms with Crippen LogP contribution in [0.1, 0.15) is 51.9 Å². The van der Waals surface area contributed by atoms with Gasteiger partial charge in [0.1, 0.15) is 24.2 Å². The molecule has 0 radical (unpaired) electrons. The lowest BCUT2D eigenvalue weighted by Gasteiger charge is -2.30. The lowest BCUT2D eigenvalue weighted by molar-refractivity contribution is -0.145. The maximum absolute atomic E-state index is 13.2. The van der Waals surface area contributed by atoms with E-state index in [1.54, 1.807) is 0 Å². The highest BCUT2D eigenvalue weighted by molar-refractivity contribution is 5.94.